The van der Waals surface area contributed by atoms with Crippen molar-refractivity contribution in [3.63, 3.8) is 0 Å². The van der Waals surface area contributed by atoms with Crippen molar-refractivity contribution in [1.82, 2.24) is 15.2 Å². The van der Waals surface area contributed by atoms with Crippen molar-refractivity contribution in [2.75, 3.05) is 51.8 Å². The maximum absolute atomic E-state index is 12.6. The van der Waals surface area contributed by atoms with Crippen LogP contribution in [-0.4, -0.2) is 62.7 Å². The van der Waals surface area contributed by atoms with E-state index >= 15 is 0 Å². The minimum atomic E-state index is -0.0868. The predicted molar refractivity (Wildman–Crippen MR) is 128 cm³/mol. The monoisotopic (exact) mass is 430 g/mol. The number of carbonyl (C=O) groups excluding carboxylic acids is 1. The number of likely N-dealkylation sites (N-methyl/N-ethyl adjacent to an activating group) is 1. The van der Waals surface area contributed by atoms with Crippen molar-refractivity contribution < 1.29 is 9.53 Å². The van der Waals surface area contributed by atoms with Gasteiger partial charge in [-0.15, -0.1) is 0 Å². The van der Waals surface area contributed by atoms with Crippen molar-refractivity contribution in [2.24, 2.45) is 0 Å². The standard InChI is InChI=1S/C26H30N4O2/c1-29-15-17-30(18-16-29)23-7-5-21(6-8-23)25-19-22(12-14-27-25)26(31)28-13-11-20-3-9-24(32-2)10-4-20/h3-10,12,14,19H,11,13,15-18H2,1-2H3,(H,28,31). The van der Waals surface area contributed by atoms with E-state index in [0.29, 0.717) is 12.1 Å². The first kappa shape index (κ1) is 21.8. The summed E-state index contributed by atoms with van der Waals surface area (Å²) in [5.74, 6) is 0.745. The molecule has 1 aromatic heterocycles. The lowest BCUT2D eigenvalue weighted by Gasteiger charge is -2.34. The van der Waals surface area contributed by atoms with Crippen LogP contribution in [0.15, 0.2) is 66.9 Å². The Hall–Kier alpha value is -3.38. The van der Waals surface area contributed by atoms with Gasteiger partial charge in [0.2, 0.25) is 0 Å². The molecule has 0 saturated carbocycles. The molecule has 6 heteroatoms. The van der Waals surface area contributed by atoms with Crippen LogP contribution in [0, 0.1) is 0 Å². The van der Waals surface area contributed by atoms with Crippen LogP contribution in [0.4, 0.5) is 5.69 Å². The molecule has 0 bridgehead atoms. The fourth-order valence-electron chi connectivity index (χ4n) is 3.85. The normalized spacial score (nSPS) is 14.2. The zero-order chi connectivity index (χ0) is 22.3. The molecule has 6 nitrogen and oxygen atoms in total. The number of benzene rings is 2. The summed E-state index contributed by atoms with van der Waals surface area (Å²) in [6, 6.07) is 20.0. The Morgan fingerprint density at radius 3 is 2.41 bits per heavy atom. The van der Waals surface area contributed by atoms with Crippen LogP contribution in [-0.2, 0) is 6.42 Å². The zero-order valence-electron chi connectivity index (χ0n) is 18.8. The van der Waals surface area contributed by atoms with E-state index in [1.165, 1.54) is 5.69 Å². The fraction of sp³-hybridized carbons (Fsp3) is 0.308. The molecule has 1 amide bonds. The fourth-order valence-corrected chi connectivity index (χ4v) is 3.85. The Bertz CT molecular complexity index is 1030. The van der Waals surface area contributed by atoms with Crippen molar-refractivity contribution in [3.05, 3.63) is 78.0 Å². The summed E-state index contributed by atoms with van der Waals surface area (Å²) in [5, 5.41) is 3.00. The molecule has 4 rings (SSSR count). The van der Waals surface area contributed by atoms with Crippen molar-refractivity contribution in [2.45, 2.75) is 6.42 Å². The second-order valence-electron chi connectivity index (χ2n) is 8.12. The van der Waals surface area contributed by atoms with Crippen molar-refractivity contribution in [1.29, 1.82) is 0 Å². The van der Waals surface area contributed by atoms with Gasteiger partial charge >= 0.3 is 0 Å². The number of methoxy groups -OCH3 is 1. The molecule has 32 heavy (non-hydrogen) atoms. The first-order valence-electron chi connectivity index (χ1n) is 11.0. The lowest BCUT2D eigenvalue weighted by atomic mass is 10.1. The number of hydrogen-bond acceptors (Lipinski definition) is 5. The minimum absolute atomic E-state index is 0.0868. The third-order valence-corrected chi connectivity index (χ3v) is 5.91. The SMILES string of the molecule is COc1ccc(CCNC(=O)c2ccnc(-c3ccc(N4CCN(C)CC4)cc3)c2)cc1. The number of ether oxygens (including phenoxy) is 1. The summed E-state index contributed by atoms with van der Waals surface area (Å²) in [5.41, 5.74) is 4.82. The highest BCUT2D eigenvalue weighted by atomic mass is 16.5. The van der Waals surface area contributed by atoms with Gasteiger partial charge in [-0.1, -0.05) is 24.3 Å². The van der Waals surface area contributed by atoms with Crippen LogP contribution in [0.3, 0.4) is 0 Å². The number of carbonyl (C=O) groups is 1. The number of nitrogens with one attached hydrogen (secondary N) is 1. The maximum atomic E-state index is 12.6. The van der Waals surface area contributed by atoms with Crippen LogP contribution in [0.1, 0.15) is 15.9 Å². The molecule has 2 heterocycles. The summed E-state index contributed by atoms with van der Waals surface area (Å²) in [4.78, 5) is 21.9. The molecule has 0 aliphatic carbocycles. The molecule has 0 radical (unpaired) electrons. The molecule has 1 aliphatic heterocycles. The van der Waals surface area contributed by atoms with Crippen LogP contribution in [0.5, 0.6) is 5.75 Å². The summed E-state index contributed by atoms with van der Waals surface area (Å²) >= 11 is 0. The van der Waals surface area contributed by atoms with Gasteiger partial charge in [-0.2, -0.15) is 0 Å². The van der Waals surface area contributed by atoms with Gasteiger partial charge in [0.1, 0.15) is 5.75 Å². The average Bonchev–Trinajstić information content (AvgIpc) is 2.85. The van der Waals surface area contributed by atoms with E-state index in [-0.39, 0.29) is 5.91 Å². The number of aromatic nitrogens is 1. The van der Waals surface area contributed by atoms with E-state index < -0.39 is 0 Å². The van der Waals surface area contributed by atoms with Gasteiger partial charge in [0.25, 0.3) is 5.91 Å². The molecule has 0 spiro atoms. The Labute approximate surface area is 189 Å². The quantitative estimate of drug-likeness (QED) is 0.622. The first-order chi connectivity index (χ1) is 15.6. The van der Waals surface area contributed by atoms with Gasteiger partial charge in [0.05, 0.1) is 12.8 Å². The van der Waals surface area contributed by atoms with Crippen LogP contribution in [0.25, 0.3) is 11.3 Å². The molecule has 3 aromatic rings. The van der Waals surface area contributed by atoms with Gasteiger partial charge in [-0.25, -0.2) is 0 Å². The summed E-state index contributed by atoms with van der Waals surface area (Å²) in [7, 11) is 3.81. The molecule has 2 aromatic carbocycles. The highest BCUT2D eigenvalue weighted by Gasteiger charge is 2.14. The van der Waals surface area contributed by atoms with Crippen molar-refractivity contribution in [3.8, 4) is 17.0 Å². The van der Waals surface area contributed by atoms with Gasteiger partial charge < -0.3 is 19.9 Å². The van der Waals surface area contributed by atoms with Gasteiger partial charge in [-0.3, -0.25) is 9.78 Å². The molecule has 1 N–H and O–H groups in total. The van der Waals surface area contributed by atoms with Crippen LogP contribution >= 0.6 is 0 Å². The molecule has 1 aliphatic rings. The molecular formula is C26H30N4O2. The highest BCUT2D eigenvalue weighted by molar-refractivity contribution is 5.95. The second kappa shape index (κ2) is 10.3. The molecule has 1 saturated heterocycles. The maximum Gasteiger partial charge on any atom is 0.251 e. The number of pyridine rings is 1. The van der Waals surface area contributed by atoms with E-state index in [9.17, 15) is 4.79 Å². The minimum Gasteiger partial charge on any atom is -0.497 e. The Balaban J connectivity index is 1.35. The van der Waals surface area contributed by atoms with Gasteiger partial charge in [0.15, 0.2) is 0 Å². The zero-order valence-corrected chi connectivity index (χ0v) is 18.8. The van der Waals surface area contributed by atoms with Crippen LogP contribution in [0.2, 0.25) is 0 Å². The number of rotatable bonds is 7. The molecule has 1 fully saturated rings. The van der Waals surface area contributed by atoms with Gasteiger partial charge in [-0.05, 0) is 55.4 Å². The topological polar surface area (TPSA) is 57.7 Å². The number of amides is 1. The number of anilines is 1. The number of nitrogens with zero attached hydrogens (tertiary/aromatic N) is 3. The van der Waals surface area contributed by atoms with E-state index in [0.717, 1.165) is 55.2 Å². The summed E-state index contributed by atoms with van der Waals surface area (Å²) in [6.07, 6.45) is 2.46. The van der Waals surface area contributed by atoms with E-state index in [4.69, 9.17) is 4.74 Å². The molecule has 0 unspecified atom stereocenters. The number of piperazine rings is 1. The average molecular weight is 431 g/mol. The summed E-state index contributed by atoms with van der Waals surface area (Å²) in [6.45, 7) is 4.82. The largest absolute Gasteiger partial charge is 0.497 e. The van der Waals surface area contributed by atoms with Gasteiger partial charge in [0, 0.05) is 55.7 Å². The first-order valence-corrected chi connectivity index (χ1v) is 11.0. The van der Waals surface area contributed by atoms with Crippen molar-refractivity contribution >= 4 is 11.6 Å². The summed E-state index contributed by atoms with van der Waals surface area (Å²) < 4.78 is 5.18. The van der Waals surface area contributed by atoms with E-state index in [1.54, 1.807) is 19.4 Å². The predicted octanol–water partition coefficient (Wildman–Crippen LogP) is 3.48. The highest BCUT2D eigenvalue weighted by Crippen LogP contribution is 2.23. The third-order valence-electron chi connectivity index (χ3n) is 5.91. The third kappa shape index (κ3) is 5.45. The molecule has 166 valence electrons. The Morgan fingerprint density at radius 1 is 1.00 bits per heavy atom. The molecule has 0 atom stereocenters. The number of hydrogen-bond donors (Lipinski definition) is 1. The Morgan fingerprint density at radius 2 is 1.72 bits per heavy atom. The molecular weight excluding hydrogens is 400 g/mol. The Kier molecular flexibility index (Phi) is 7.02. The second-order valence-corrected chi connectivity index (χ2v) is 8.12. The lowest BCUT2D eigenvalue weighted by molar-refractivity contribution is 0.0954. The van der Waals surface area contributed by atoms with Crippen LogP contribution < -0.4 is 15.0 Å². The van der Waals surface area contributed by atoms with E-state index in [2.05, 4.69) is 51.4 Å². The lowest BCUT2D eigenvalue weighted by Crippen LogP contribution is -2.44. The smallest absolute Gasteiger partial charge is 0.251 e. The van der Waals surface area contributed by atoms with E-state index in [1.807, 2.05) is 30.3 Å².